The van der Waals surface area contributed by atoms with Crippen LogP contribution in [0, 0.1) is 6.92 Å². The highest BCUT2D eigenvalue weighted by molar-refractivity contribution is 5.93. The third-order valence-electron chi connectivity index (χ3n) is 4.31. The standard InChI is InChI=1S/C17H17N3/c1-12-18-7-8-20(12)11-13-9-15-14-5-3-4-6-16(14)19(2)17(15)10-13/h3-9H,10-11H2,1-2H3. The summed E-state index contributed by atoms with van der Waals surface area (Å²) in [7, 11) is 2.17. The van der Waals surface area contributed by atoms with Crippen molar-refractivity contribution in [3.8, 4) is 0 Å². The summed E-state index contributed by atoms with van der Waals surface area (Å²) < 4.78 is 4.54. The van der Waals surface area contributed by atoms with Crippen LogP contribution in [-0.2, 0) is 20.0 Å². The fraction of sp³-hybridized carbons (Fsp3) is 0.235. The largest absolute Gasteiger partial charge is 0.347 e. The Morgan fingerprint density at radius 3 is 2.90 bits per heavy atom. The number of hydrogen-bond donors (Lipinski definition) is 0. The Morgan fingerprint density at radius 1 is 1.25 bits per heavy atom. The number of aryl methyl sites for hydroxylation is 2. The maximum Gasteiger partial charge on any atom is 0.105 e. The van der Waals surface area contributed by atoms with E-state index in [1.165, 1.54) is 27.7 Å². The van der Waals surface area contributed by atoms with Crippen molar-refractivity contribution in [1.29, 1.82) is 0 Å². The fourth-order valence-electron chi connectivity index (χ4n) is 3.21. The molecule has 0 bridgehead atoms. The Labute approximate surface area is 118 Å². The van der Waals surface area contributed by atoms with Crippen molar-refractivity contribution in [3.05, 3.63) is 59.3 Å². The number of fused-ring (bicyclic) bond motifs is 3. The molecule has 1 aliphatic rings. The van der Waals surface area contributed by atoms with E-state index in [-0.39, 0.29) is 0 Å². The topological polar surface area (TPSA) is 22.8 Å². The molecule has 0 N–H and O–H groups in total. The van der Waals surface area contributed by atoms with Crippen LogP contribution < -0.4 is 0 Å². The van der Waals surface area contributed by atoms with Gasteiger partial charge >= 0.3 is 0 Å². The van der Waals surface area contributed by atoms with E-state index >= 15 is 0 Å². The molecule has 2 aromatic heterocycles. The van der Waals surface area contributed by atoms with E-state index in [1.54, 1.807) is 0 Å². The number of allylic oxidation sites excluding steroid dienone is 1. The molecule has 100 valence electrons. The van der Waals surface area contributed by atoms with Gasteiger partial charge in [-0.1, -0.05) is 24.3 Å². The lowest BCUT2D eigenvalue weighted by atomic mass is 10.1. The van der Waals surface area contributed by atoms with E-state index in [4.69, 9.17) is 0 Å². The second-order valence-electron chi connectivity index (χ2n) is 5.52. The van der Waals surface area contributed by atoms with Crippen LogP contribution in [0.4, 0.5) is 0 Å². The molecule has 0 fully saturated rings. The molecule has 0 radical (unpaired) electrons. The predicted octanol–water partition coefficient (Wildman–Crippen LogP) is 3.32. The fourth-order valence-corrected chi connectivity index (χ4v) is 3.21. The van der Waals surface area contributed by atoms with Gasteiger partial charge in [-0.3, -0.25) is 0 Å². The van der Waals surface area contributed by atoms with Crippen LogP contribution in [0.3, 0.4) is 0 Å². The molecule has 0 saturated carbocycles. The molecule has 0 aliphatic heterocycles. The van der Waals surface area contributed by atoms with E-state index in [2.05, 4.69) is 64.6 Å². The Bertz CT molecular complexity index is 833. The normalized spacial score (nSPS) is 13.8. The van der Waals surface area contributed by atoms with Gasteiger partial charge in [0, 0.05) is 54.6 Å². The molecule has 0 amide bonds. The zero-order chi connectivity index (χ0) is 13.7. The average Bonchev–Trinajstić information content (AvgIpc) is 3.11. The van der Waals surface area contributed by atoms with E-state index in [0.717, 1.165) is 18.8 Å². The Kier molecular flexibility index (Phi) is 2.36. The van der Waals surface area contributed by atoms with E-state index in [9.17, 15) is 0 Å². The van der Waals surface area contributed by atoms with Gasteiger partial charge in [0.15, 0.2) is 0 Å². The Morgan fingerprint density at radius 2 is 2.10 bits per heavy atom. The van der Waals surface area contributed by atoms with Crippen LogP contribution in [0.5, 0.6) is 0 Å². The van der Waals surface area contributed by atoms with Crippen molar-refractivity contribution >= 4 is 17.0 Å². The summed E-state index contributed by atoms with van der Waals surface area (Å²) in [6.07, 6.45) is 7.32. The van der Waals surface area contributed by atoms with Crippen molar-refractivity contribution in [2.45, 2.75) is 19.9 Å². The SMILES string of the molecule is Cc1nccn1CC1=Cc2c(n(C)c3ccccc23)C1. The quantitative estimate of drug-likeness (QED) is 0.695. The number of nitrogens with zero attached hydrogens (tertiary/aromatic N) is 3. The molecule has 4 rings (SSSR count). The van der Waals surface area contributed by atoms with Crippen LogP contribution in [0.25, 0.3) is 17.0 Å². The van der Waals surface area contributed by atoms with Crippen molar-refractivity contribution in [3.63, 3.8) is 0 Å². The van der Waals surface area contributed by atoms with Gasteiger partial charge in [0.1, 0.15) is 5.82 Å². The summed E-state index contributed by atoms with van der Waals surface area (Å²) in [5, 5.41) is 1.36. The van der Waals surface area contributed by atoms with Gasteiger partial charge in [-0.05, 0) is 18.6 Å². The molecule has 1 aromatic carbocycles. The summed E-state index contributed by atoms with van der Waals surface area (Å²) in [5.41, 5.74) is 5.61. The maximum absolute atomic E-state index is 4.29. The second kappa shape index (κ2) is 4.10. The van der Waals surface area contributed by atoms with Crippen LogP contribution in [0.15, 0.2) is 42.2 Å². The van der Waals surface area contributed by atoms with Crippen LogP contribution in [0.1, 0.15) is 17.1 Å². The lowest BCUT2D eigenvalue weighted by molar-refractivity contribution is 0.732. The molecule has 0 atom stereocenters. The molecule has 0 saturated heterocycles. The number of para-hydroxylation sites is 1. The highest BCUT2D eigenvalue weighted by Crippen LogP contribution is 2.34. The second-order valence-corrected chi connectivity index (χ2v) is 5.52. The minimum absolute atomic E-state index is 0.939. The molecular weight excluding hydrogens is 246 g/mol. The number of rotatable bonds is 2. The highest BCUT2D eigenvalue weighted by atomic mass is 15.1. The van der Waals surface area contributed by atoms with Gasteiger partial charge in [0.25, 0.3) is 0 Å². The monoisotopic (exact) mass is 263 g/mol. The molecule has 3 heteroatoms. The molecule has 0 unspecified atom stereocenters. The first-order valence-electron chi connectivity index (χ1n) is 6.97. The molecule has 2 heterocycles. The van der Waals surface area contributed by atoms with E-state index in [1.807, 2.05) is 6.20 Å². The lowest BCUT2D eigenvalue weighted by Crippen LogP contribution is -2.04. The third kappa shape index (κ3) is 1.56. The average molecular weight is 263 g/mol. The maximum atomic E-state index is 4.29. The van der Waals surface area contributed by atoms with Crippen LogP contribution in [0.2, 0.25) is 0 Å². The summed E-state index contributed by atoms with van der Waals surface area (Å²) in [5.74, 6) is 1.08. The lowest BCUT2D eigenvalue weighted by Gasteiger charge is -2.07. The first-order valence-corrected chi connectivity index (χ1v) is 6.97. The van der Waals surface area contributed by atoms with Crippen LogP contribution >= 0.6 is 0 Å². The zero-order valence-electron chi connectivity index (χ0n) is 11.8. The van der Waals surface area contributed by atoms with Gasteiger partial charge < -0.3 is 9.13 Å². The van der Waals surface area contributed by atoms with Crippen molar-refractivity contribution in [1.82, 2.24) is 14.1 Å². The summed E-state index contributed by atoms with van der Waals surface area (Å²) >= 11 is 0. The third-order valence-corrected chi connectivity index (χ3v) is 4.31. The number of aromatic nitrogens is 3. The number of hydrogen-bond acceptors (Lipinski definition) is 1. The molecule has 3 nitrogen and oxygen atoms in total. The van der Waals surface area contributed by atoms with Gasteiger partial charge in [-0.2, -0.15) is 0 Å². The first-order chi connectivity index (χ1) is 9.74. The van der Waals surface area contributed by atoms with Gasteiger partial charge in [-0.15, -0.1) is 0 Å². The Hall–Kier alpha value is -2.29. The summed E-state index contributed by atoms with van der Waals surface area (Å²) in [4.78, 5) is 4.29. The minimum atomic E-state index is 0.939. The van der Waals surface area contributed by atoms with E-state index < -0.39 is 0 Å². The van der Waals surface area contributed by atoms with Crippen molar-refractivity contribution < 1.29 is 0 Å². The van der Waals surface area contributed by atoms with E-state index in [0.29, 0.717) is 0 Å². The van der Waals surface area contributed by atoms with Crippen molar-refractivity contribution in [2.75, 3.05) is 0 Å². The molecule has 0 spiro atoms. The summed E-state index contributed by atoms with van der Waals surface area (Å²) in [6, 6.07) is 8.64. The molecular formula is C17H17N3. The molecule has 3 aromatic rings. The number of imidazole rings is 1. The predicted molar refractivity (Wildman–Crippen MR) is 81.6 cm³/mol. The van der Waals surface area contributed by atoms with Gasteiger partial charge in [-0.25, -0.2) is 4.98 Å². The van der Waals surface area contributed by atoms with Gasteiger partial charge in [0.05, 0.1) is 0 Å². The highest BCUT2D eigenvalue weighted by Gasteiger charge is 2.20. The van der Waals surface area contributed by atoms with Crippen LogP contribution in [-0.4, -0.2) is 14.1 Å². The van der Waals surface area contributed by atoms with Crippen molar-refractivity contribution in [2.24, 2.45) is 7.05 Å². The minimum Gasteiger partial charge on any atom is -0.347 e. The smallest absolute Gasteiger partial charge is 0.105 e. The zero-order valence-corrected chi connectivity index (χ0v) is 11.8. The first kappa shape index (κ1) is 11.5. The number of benzene rings is 1. The molecule has 1 aliphatic carbocycles. The van der Waals surface area contributed by atoms with Gasteiger partial charge in [0.2, 0.25) is 0 Å². The Balaban J connectivity index is 1.76. The molecule has 20 heavy (non-hydrogen) atoms. The summed E-state index contributed by atoms with van der Waals surface area (Å²) in [6.45, 7) is 2.99.